The van der Waals surface area contributed by atoms with Crippen LogP contribution in [0.4, 0.5) is 0 Å². The number of imidazole rings is 1. The Morgan fingerprint density at radius 1 is 1.62 bits per heavy atom. The summed E-state index contributed by atoms with van der Waals surface area (Å²) in [6, 6.07) is 0. The zero-order chi connectivity index (χ0) is 9.52. The summed E-state index contributed by atoms with van der Waals surface area (Å²) >= 11 is 0. The first-order valence-corrected chi connectivity index (χ1v) is 4.62. The topological polar surface area (TPSA) is 29.9 Å². The average Bonchev–Trinajstić information content (AvgIpc) is 2.52. The molecule has 0 radical (unpaired) electrons. The van der Waals surface area contributed by atoms with Gasteiger partial charge in [-0.15, -0.1) is 0 Å². The molecule has 0 amide bonds. The van der Waals surface area contributed by atoms with Crippen molar-refractivity contribution in [3.8, 4) is 0 Å². The van der Waals surface area contributed by atoms with Crippen LogP contribution in [0.2, 0.25) is 0 Å². The number of rotatable bonds is 5. The fourth-order valence-electron chi connectivity index (χ4n) is 1.14. The minimum atomic E-state index is 0.945. The van der Waals surface area contributed by atoms with Gasteiger partial charge in [-0.1, -0.05) is 12.2 Å². The van der Waals surface area contributed by atoms with Gasteiger partial charge in [-0.05, 0) is 6.92 Å². The molecule has 0 unspecified atom stereocenters. The van der Waals surface area contributed by atoms with E-state index in [9.17, 15) is 0 Å². The van der Waals surface area contributed by atoms with Gasteiger partial charge in [-0.3, -0.25) is 0 Å². The Kier molecular flexibility index (Phi) is 4.26. The minimum absolute atomic E-state index is 0.945. The molecule has 1 N–H and O–H groups in total. The van der Waals surface area contributed by atoms with Crippen molar-refractivity contribution in [2.24, 2.45) is 7.05 Å². The fourth-order valence-corrected chi connectivity index (χ4v) is 1.14. The van der Waals surface area contributed by atoms with E-state index in [0.717, 1.165) is 25.3 Å². The van der Waals surface area contributed by atoms with Crippen LogP contribution in [0, 0.1) is 0 Å². The van der Waals surface area contributed by atoms with E-state index in [1.807, 2.05) is 32.4 Å². The van der Waals surface area contributed by atoms with Gasteiger partial charge in [0, 0.05) is 39.0 Å². The first-order chi connectivity index (χ1) is 6.34. The molecular weight excluding hydrogens is 162 g/mol. The number of hydrogen-bond acceptors (Lipinski definition) is 2. The van der Waals surface area contributed by atoms with Gasteiger partial charge >= 0.3 is 0 Å². The molecule has 0 bridgehead atoms. The van der Waals surface area contributed by atoms with E-state index in [0.29, 0.717) is 0 Å². The molecule has 0 fully saturated rings. The lowest BCUT2D eigenvalue weighted by atomic mass is 10.4. The Labute approximate surface area is 79.5 Å². The van der Waals surface area contributed by atoms with Gasteiger partial charge in [0.25, 0.3) is 0 Å². The van der Waals surface area contributed by atoms with Crippen LogP contribution < -0.4 is 5.32 Å². The van der Waals surface area contributed by atoms with Gasteiger partial charge in [0.1, 0.15) is 5.82 Å². The van der Waals surface area contributed by atoms with E-state index in [4.69, 9.17) is 0 Å². The standard InChI is InChI=1S/C10H17N3/c1-3-4-6-11-7-5-10-12-8-9-13(10)2/h3-4,8-9,11H,5-7H2,1-2H3/b4-3+. The first kappa shape index (κ1) is 9.99. The zero-order valence-corrected chi connectivity index (χ0v) is 8.33. The third-order valence-corrected chi connectivity index (χ3v) is 1.94. The summed E-state index contributed by atoms with van der Waals surface area (Å²) in [5.74, 6) is 1.13. The summed E-state index contributed by atoms with van der Waals surface area (Å²) in [6.07, 6.45) is 8.95. The van der Waals surface area contributed by atoms with E-state index in [1.54, 1.807) is 0 Å². The maximum atomic E-state index is 4.24. The zero-order valence-electron chi connectivity index (χ0n) is 8.33. The molecule has 0 aliphatic heterocycles. The summed E-state index contributed by atoms with van der Waals surface area (Å²) in [7, 11) is 2.02. The van der Waals surface area contributed by atoms with Crippen molar-refractivity contribution in [3.05, 3.63) is 30.4 Å². The quantitative estimate of drug-likeness (QED) is 0.542. The van der Waals surface area contributed by atoms with E-state index in [-0.39, 0.29) is 0 Å². The highest BCUT2D eigenvalue weighted by Crippen LogP contribution is 1.93. The van der Waals surface area contributed by atoms with Crippen LogP contribution >= 0.6 is 0 Å². The van der Waals surface area contributed by atoms with Crippen molar-refractivity contribution in [2.45, 2.75) is 13.3 Å². The molecule has 3 nitrogen and oxygen atoms in total. The number of allylic oxidation sites excluding steroid dienone is 1. The van der Waals surface area contributed by atoms with Crippen LogP contribution in [0.15, 0.2) is 24.5 Å². The number of nitrogens with zero attached hydrogens (tertiary/aromatic N) is 2. The smallest absolute Gasteiger partial charge is 0.109 e. The highest BCUT2D eigenvalue weighted by molar-refractivity contribution is 4.91. The Morgan fingerprint density at radius 3 is 3.08 bits per heavy atom. The van der Waals surface area contributed by atoms with Gasteiger partial charge in [0.15, 0.2) is 0 Å². The predicted molar refractivity (Wildman–Crippen MR) is 54.6 cm³/mol. The SMILES string of the molecule is C/C=C/CNCCc1nccn1C. The van der Waals surface area contributed by atoms with Crippen molar-refractivity contribution in [2.75, 3.05) is 13.1 Å². The third kappa shape index (κ3) is 3.42. The summed E-state index contributed by atoms with van der Waals surface area (Å²) in [5.41, 5.74) is 0. The van der Waals surface area contributed by atoms with Crippen molar-refractivity contribution in [3.63, 3.8) is 0 Å². The highest BCUT2D eigenvalue weighted by atomic mass is 15.0. The molecule has 1 aromatic rings. The van der Waals surface area contributed by atoms with E-state index < -0.39 is 0 Å². The summed E-state index contributed by atoms with van der Waals surface area (Å²) < 4.78 is 2.05. The Hall–Kier alpha value is -1.09. The second kappa shape index (κ2) is 5.54. The molecule has 3 heteroatoms. The van der Waals surface area contributed by atoms with Gasteiger partial charge in [-0.25, -0.2) is 4.98 Å². The fraction of sp³-hybridized carbons (Fsp3) is 0.500. The van der Waals surface area contributed by atoms with Crippen LogP contribution in [-0.2, 0) is 13.5 Å². The molecule has 0 aliphatic rings. The lowest BCUT2D eigenvalue weighted by Gasteiger charge is -2.01. The van der Waals surface area contributed by atoms with Gasteiger partial charge in [0.2, 0.25) is 0 Å². The molecular formula is C10H17N3. The molecule has 1 rings (SSSR count). The van der Waals surface area contributed by atoms with Gasteiger partial charge < -0.3 is 9.88 Å². The summed E-state index contributed by atoms with van der Waals surface area (Å²) in [4.78, 5) is 4.24. The number of aromatic nitrogens is 2. The molecule has 1 aromatic heterocycles. The molecule has 0 aliphatic carbocycles. The van der Waals surface area contributed by atoms with E-state index in [2.05, 4.69) is 20.9 Å². The first-order valence-electron chi connectivity index (χ1n) is 4.62. The number of nitrogens with one attached hydrogen (secondary N) is 1. The Morgan fingerprint density at radius 2 is 2.46 bits per heavy atom. The summed E-state index contributed by atoms with van der Waals surface area (Å²) in [6.45, 7) is 3.95. The van der Waals surface area contributed by atoms with Crippen LogP contribution in [-0.4, -0.2) is 22.6 Å². The second-order valence-corrected chi connectivity index (χ2v) is 2.98. The number of aryl methyl sites for hydroxylation is 1. The lowest BCUT2D eigenvalue weighted by molar-refractivity contribution is 0.693. The molecule has 1 heterocycles. The van der Waals surface area contributed by atoms with Crippen LogP contribution in [0.25, 0.3) is 0 Å². The largest absolute Gasteiger partial charge is 0.338 e. The van der Waals surface area contributed by atoms with Crippen LogP contribution in [0.1, 0.15) is 12.7 Å². The molecule has 0 aromatic carbocycles. The lowest BCUT2D eigenvalue weighted by Crippen LogP contribution is -2.18. The molecule has 13 heavy (non-hydrogen) atoms. The maximum absolute atomic E-state index is 4.24. The van der Waals surface area contributed by atoms with Crippen molar-refractivity contribution in [1.29, 1.82) is 0 Å². The monoisotopic (exact) mass is 179 g/mol. The molecule has 72 valence electrons. The van der Waals surface area contributed by atoms with E-state index in [1.165, 1.54) is 0 Å². The van der Waals surface area contributed by atoms with Crippen molar-refractivity contribution < 1.29 is 0 Å². The minimum Gasteiger partial charge on any atom is -0.338 e. The molecule has 0 atom stereocenters. The van der Waals surface area contributed by atoms with Gasteiger partial charge in [0.05, 0.1) is 0 Å². The molecule has 0 saturated carbocycles. The second-order valence-electron chi connectivity index (χ2n) is 2.98. The van der Waals surface area contributed by atoms with Crippen molar-refractivity contribution >= 4 is 0 Å². The maximum Gasteiger partial charge on any atom is 0.109 e. The van der Waals surface area contributed by atoms with Crippen LogP contribution in [0.5, 0.6) is 0 Å². The van der Waals surface area contributed by atoms with Crippen molar-refractivity contribution in [1.82, 2.24) is 14.9 Å². The highest BCUT2D eigenvalue weighted by Gasteiger charge is 1.96. The Bertz CT molecular complexity index is 263. The Balaban J connectivity index is 2.16. The van der Waals surface area contributed by atoms with Gasteiger partial charge in [-0.2, -0.15) is 0 Å². The number of hydrogen-bond donors (Lipinski definition) is 1. The third-order valence-electron chi connectivity index (χ3n) is 1.94. The molecule has 0 saturated heterocycles. The normalized spacial score (nSPS) is 11.2. The van der Waals surface area contributed by atoms with Crippen LogP contribution in [0.3, 0.4) is 0 Å². The van der Waals surface area contributed by atoms with E-state index >= 15 is 0 Å². The average molecular weight is 179 g/mol. The predicted octanol–water partition coefficient (Wildman–Crippen LogP) is 1.13. The summed E-state index contributed by atoms with van der Waals surface area (Å²) in [5, 5.41) is 3.31. The molecule has 0 spiro atoms.